The number of benzene rings is 2. The lowest BCUT2D eigenvalue weighted by atomic mass is 10.1. The maximum absolute atomic E-state index is 12.7. The molecular formula is C21H19ClN2O2. The Bertz CT molecular complexity index is 1050. The van der Waals surface area contributed by atoms with E-state index in [4.69, 9.17) is 21.3 Å². The molecule has 4 nitrogen and oxygen atoms in total. The fourth-order valence-electron chi connectivity index (χ4n) is 3.21. The van der Waals surface area contributed by atoms with Crippen molar-refractivity contribution >= 4 is 34.2 Å². The number of rotatable bonds is 4. The first-order chi connectivity index (χ1) is 12.7. The third-order valence-electron chi connectivity index (χ3n) is 4.50. The van der Waals surface area contributed by atoms with Crippen molar-refractivity contribution < 1.29 is 4.74 Å². The highest BCUT2D eigenvalue weighted by Gasteiger charge is 2.20. The van der Waals surface area contributed by atoms with Gasteiger partial charge in [-0.1, -0.05) is 30.7 Å². The van der Waals surface area contributed by atoms with E-state index in [1.165, 1.54) is 0 Å². The van der Waals surface area contributed by atoms with Gasteiger partial charge in [0.25, 0.3) is 5.56 Å². The minimum atomic E-state index is -0.00613. The molecule has 0 saturated carbocycles. The van der Waals surface area contributed by atoms with Crippen LogP contribution in [0, 0.1) is 0 Å². The van der Waals surface area contributed by atoms with Crippen LogP contribution >= 0.6 is 11.6 Å². The number of allylic oxidation sites excluding steroid dienone is 1. The van der Waals surface area contributed by atoms with E-state index >= 15 is 0 Å². The Morgan fingerprint density at radius 1 is 1.23 bits per heavy atom. The van der Waals surface area contributed by atoms with Gasteiger partial charge in [0, 0.05) is 11.6 Å². The second-order valence-electron chi connectivity index (χ2n) is 6.39. The zero-order valence-electron chi connectivity index (χ0n) is 14.5. The van der Waals surface area contributed by atoms with Crippen LogP contribution in [0.4, 0.5) is 0 Å². The lowest BCUT2D eigenvalue weighted by molar-refractivity contribution is 0.317. The van der Waals surface area contributed by atoms with Crippen molar-refractivity contribution in [3.63, 3.8) is 0 Å². The summed E-state index contributed by atoms with van der Waals surface area (Å²) in [5, 5.41) is 1.19. The zero-order chi connectivity index (χ0) is 18.1. The summed E-state index contributed by atoms with van der Waals surface area (Å²) in [6.07, 6.45) is 3.87. The van der Waals surface area contributed by atoms with E-state index in [-0.39, 0.29) is 5.56 Å². The number of halogens is 1. The maximum atomic E-state index is 12.7. The smallest absolute Gasteiger partial charge is 0.261 e. The highest BCUT2D eigenvalue weighted by molar-refractivity contribution is 6.31. The second kappa shape index (κ2) is 6.96. The quantitative estimate of drug-likeness (QED) is 0.667. The van der Waals surface area contributed by atoms with Gasteiger partial charge in [-0.3, -0.25) is 9.36 Å². The molecular weight excluding hydrogens is 348 g/mol. The second-order valence-corrected chi connectivity index (χ2v) is 6.83. The third-order valence-corrected chi connectivity index (χ3v) is 4.74. The summed E-state index contributed by atoms with van der Waals surface area (Å²) in [7, 11) is 0. The molecule has 0 aliphatic carbocycles. The van der Waals surface area contributed by atoms with Crippen molar-refractivity contribution in [3.8, 4) is 5.75 Å². The highest BCUT2D eigenvalue weighted by Crippen LogP contribution is 2.28. The molecule has 2 aromatic carbocycles. The fraction of sp³-hybridized carbons (Fsp3) is 0.238. The highest BCUT2D eigenvalue weighted by atomic mass is 35.5. The summed E-state index contributed by atoms with van der Waals surface area (Å²) < 4.78 is 7.37. The van der Waals surface area contributed by atoms with Crippen molar-refractivity contribution in [1.82, 2.24) is 9.55 Å². The van der Waals surface area contributed by atoms with Crippen molar-refractivity contribution in [2.45, 2.75) is 26.3 Å². The van der Waals surface area contributed by atoms with E-state index in [1.54, 1.807) is 22.8 Å². The molecule has 0 amide bonds. The minimum Gasteiger partial charge on any atom is -0.494 e. The Kier molecular flexibility index (Phi) is 4.51. The molecule has 0 radical (unpaired) electrons. The van der Waals surface area contributed by atoms with Gasteiger partial charge in [-0.2, -0.15) is 0 Å². The van der Waals surface area contributed by atoms with Crippen LogP contribution < -0.4 is 10.3 Å². The van der Waals surface area contributed by atoms with Crippen LogP contribution in [0.5, 0.6) is 5.75 Å². The topological polar surface area (TPSA) is 44.1 Å². The molecule has 132 valence electrons. The molecule has 0 N–H and O–H groups in total. The summed E-state index contributed by atoms with van der Waals surface area (Å²) >= 11 is 6.06. The van der Waals surface area contributed by atoms with E-state index in [0.717, 1.165) is 42.2 Å². The van der Waals surface area contributed by atoms with Gasteiger partial charge in [0.2, 0.25) is 0 Å². The van der Waals surface area contributed by atoms with Crippen LogP contribution in [0.25, 0.3) is 22.6 Å². The SMILES string of the molecule is CCCOc1ccc(/C=C2\CCn3c2nc2cc(Cl)ccc2c3=O)cc1. The molecule has 1 aromatic heterocycles. The molecule has 0 atom stereocenters. The van der Waals surface area contributed by atoms with Gasteiger partial charge >= 0.3 is 0 Å². The van der Waals surface area contributed by atoms with E-state index in [2.05, 4.69) is 13.0 Å². The largest absolute Gasteiger partial charge is 0.494 e. The molecule has 0 unspecified atom stereocenters. The van der Waals surface area contributed by atoms with Crippen LogP contribution in [-0.4, -0.2) is 16.2 Å². The summed E-state index contributed by atoms with van der Waals surface area (Å²) in [5.74, 6) is 1.60. The number of ether oxygens (including phenoxy) is 1. The van der Waals surface area contributed by atoms with Crippen molar-refractivity contribution in [1.29, 1.82) is 0 Å². The Balaban J connectivity index is 1.72. The zero-order valence-corrected chi connectivity index (χ0v) is 15.3. The molecule has 3 aromatic rings. The number of hydrogen-bond donors (Lipinski definition) is 0. The molecule has 0 saturated heterocycles. The summed E-state index contributed by atoms with van der Waals surface area (Å²) in [4.78, 5) is 17.4. The average Bonchev–Trinajstić information content (AvgIpc) is 3.04. The van der Waals surface area contributed by atoms with Crippen LogP contribution in [0.1, 0.15) is 31.2 Å². The van der Waals surface area contributed by atoms with Crippen LogP contribution in [-0.2, 0) is 6.54 Å². The molecule has 4 rings (SSSR count). The maximum Gasteiger partial charge on any atom is 0.261 e. The lowest BCUT2D eigenvalue weighted by Crippen LogP contribution is -2.20. The van der Waals surface area contributed by atoms with Gasteiger partial charge in [-0.15, -0.1) is 0 Å². The summed E-state index contributed by atoms with van der Waals surface area (Å²) in [6, 6.07) is 13.2. The third kappa shape index (κ3) is 3.13. The molecule has 1 aliphatic heterocycles. The molecule has 1 aliphatic rings. The van der Waals surface area contributed by atoms with Gasteiger partial charge in [0.15, 0.2) is 0 Å². The van der Waals surface area contributed by atoms with Crippen molar-refractivity contribution in [2.75, 3.05) is 6.61 Å². The van der Waals surface area contributed by atoms with Crippen molar-refractivity contribution in [2.24, 2.45) is 0 Å². The normalized spacial score (nSPS) is 14.8. The van der Waals surface area contributed by atoms with Gasteiger partial charge < -0.3 is 4.74 Å². The molecule has 0 bridgehead atoms. The first-order valence-electron chi connectivity index (χ1n) is 8.79. The molecule has 0 fully saturated rings. The predicted octanol–water partition coefficient (Wildman–Crippen LogP) is 4.78. The fourth-order valence-corrected chi connectivity index (χ4v) is 3.38. The minimum absolute atomic E-state index is 0.00613. The van der Waals surface area contributed by atoms with E-state index in [1.807, 2.05) is 24.3 Å². The number of nitrogens with zero attached hydrogens (tertiary/aromatic N) is 2. The molecule has 2 heterocycles. The molecule has 0 spiro atoms. The Hall–Kier alpha value is -2.59. The Morgan fingerprint density at radius 2 is 2.04 bits per heavy atom. The number of hydrogen-bond acceptors (Lipinski definition) is 3. The standard InChI is InChI=1S/C21H19ClN2O2/c1-2-11-26-17-6-3-14(4-7-17)12-15-9-10-24-20(15)23-19-13-16(22)5-8-18(19)21(24)25/h3-8,12-13H,2,9-11H2,1H3/b15-12+. The van der Waals surface area contributed by atoms with E-state index in [0.29, 0.717) is 22.5 Å². The Morgan fingerprint density at radius 3 is 2.81 bits per heavy atom. The number of fused-ring (bicyclic) bond motifs is 2. The van der Waals surface area contributed by atoms with Crippen LogP contribution in [0.2, 0.25) is 5.02 Å². The first-order valence-corrected chi connectivity index (χ1v) is 9.17. The monoisotopic (exact) mass is 366 g/mol. The average molecular weight is 367 g/mol. The van der Waals surface area contributed by atoms with Gasteiger partial charge in [0.05, 0.1) is 17.5 Å². The summed E-state index contributed by atoms with van der Waals surface area (Å²) in [6.45, 7) is 3.46. The first kappa shape index (κ1) is 16.9. The van der Waals surface area contributed by atoms with E-state index < -0.39 is 0 Å². The van der Waals surface area contributed by atoms with Crippen LogP contribution in [0.15, 0.2) is 47.3 Å². The van der Waals surface area contributed by atoms with Crippen LogP contribution in [0.3, 0.4) is 0 Å². The molecule has 5 heteroatoms. The Labute approximate surface area is 156 Å². The lowest BCUT2D eigenvalue weighted by Gasteiger charge is -2.06. The van der Waals surface area contributed by atoms with Gasteiger partial charge in [-0.25, -0.2) is 4.98 Å². The van der Waals surface area contributed by atoms with Crippen molar-refractivity contribution in [3.05, 3.63) is 69.2 Å². The summed E-state index contributed by atoms with van der Waals surface area (Å²) in [5.41, 5.74) is 2.77. The van der Waals surface area contributed by atoms with Gasteiger partial charge in [0.1, 0.15) is 11.6 Å². The van der Waals surface area contributed by atoms with E-state index in [9.17, 15) is 4.79 Å². The molecule has 26 heavy (non-hydrogen) atoms. The number of aromatic nitrogens is 2. The van der Waals surface area contributed by atoms with Gasteiger partial charge in [-0.05, 0) is 60.4 Å². The predicted molar refractivity (Wildman–Crippen MR) is 106 cm³/mol.